The van der Waals surface area contributed by atoms with Gasteiger partial charge >= 0.3 is 0 Å². The Hall–Kier alpha value is -4.77. The molecule has 0 saturated heterocycles. The first kappa shape index (κ1) is 21.5. The maximum absolute atomic E-state index is 5.08. The van der Waals surface area contributed by atoms with E-state index in [-0.39, 0.29) is 0 Å². The molecule has 7 rings (SSSR count). The number of hydrogen-bond donors (Lipinski definition) is 0. The Balaban J connectivity index is 1.48. The van der Waals surface area contributed by atoms with E-state index in [2.05, 4.69) is 113 Å². The van der Waals surface area contributed by atoms with Crippen LogP contribution < -0.4 is 0 Å². The van der Waals surface area contributed by atoms with Gasteiger partial charge in [0.25, 0.3) is 0 Å². The predicted octanol–water partition coefficient (Wildman–Crippen LogP) is 7.50. The highest BCUT2D eigenvalue weighted by atomic mass is 15.2. The van der Waals surface area contributed by atoms with Crippen LogP contribution in [0.25, 0.3) is 55.7 Å². The first-order chi connectivity index (χ1) is 18.1. The molecule has 0 bridgehead atoms. The molecule has 0 fully saturated rings. The van der Waals surface area contributed by atoms with Gasteiger partial charge in [-0.2, -0.15) is 0 Å². The zero-order valence-corrected chi connectivity index (χ0v) is 21.0. The third-order valence-corrected chi connectivity index (χ3v) is 7.15. The maximum atomic E-state index is 5.08. The lowest BCUT2D eigenvalue weighted by Gasteiger charge is -2.11. The van der Waals surface area contributed by atoms with Gasteiger partial charge in [-0.1, -0.05) is 54.6 Å². The van der Waals surface area contributed by atoms with Gasteiger partial charge in [0.1, 0.15) is 11.3 Å². The Morgan fingerprint density at radius 2 is 1.32 bits per heavy atom. The summed E-state index contributed by atoms with van der Waals surface area (Å²) in [6, 6.07) is 33.9. The highest BCUT2D eigenvalue weighted by Crippen LogP contribution is 2.35. The lowest BCUT2D eigenvalue weighted by atomic mass is 10.1. The minimum Gasteiger partial charge on any atom is -0.309 e. The van der Waals surface area contributed by atoms with Crippen molar-refractivity contribution >= 4 is 33.0 Å². The van der Waals surface area contributed by atoms with Crippen molar-refractivity contribution < 1.29 is 0 Å². The van der Waals surface area contributed by atoms with E-state index in [4.69, 9.17) is 15.0 Å². The first-order valence-corrected chi connectivity index (χ1v) is 12.5. The third kappa shape index (κ3) is 3.28. The minimum absolute atomic E-state index is 0.707. The summed E-state index contributed by atoms with van der Waals surface area (Å²) in [4.78, 5) is 14.8. The van der Waals surface area contributed by atoms with Crippen LogP contribution in [0.3, 0.4) is 0 Å². The van der Waals surface area contributed by atoms with Gasteiger partial charge in [0, 0.05) is 22.0 Å². The maximum Gasteiger partial charge on any atom is 0.169 e. The molecular formula is C32H25N5. The second-order valence-electron chi connectivity index (χ2n) is 9.51. The monoisotopic (exact) mass is 479 g/mol. The number of aromatic nitrogens is 5. The van der Waals surface area contributed by atoms with Crippen molar-refractivity contribution in [3.05, 3.63) is 114 Å². The topological polar surface area (TPSA) is 48.5 Å². The smallest absolute Gasteiger partial charge is 0.169 e. The van der Waals surface area contributed by atoms with Crippen LogP contribution in [-0.2, 0) is 0 Å². The zero-order chi connectivity index (χ0) is 25.1. The molecule has 0 saturated carbocycles. The fourth-order valence-corrected chi connectivity index (χ4v) is 5.40. The Labute approximate surface area is 214 Å². The number of hydrogen-bond acceptors (Lipinski definition) is 3. The van der Waals surface area contributed by atoms with E-state index in [1.807, 2.05) is 13.8 Å². The highest BCUT2D eigenvalue weighted by Gasteiger charge is 2.18. The van der Waals surface area contributed by atoms with Gasteiger partial charge in [-0.3, -0.25) is 4.57 Å². The first-order valence-electron chi connectivity index (χ1n) is 12.5. The number of para-hydroxylation sites is 3. The van der Waals surface area contributed by atoms with E-state index < -0.39 is 0 Å². The van der Waals surface area contributed by atoms with Crippen molar-refractivity contribution in [2.24, 2.45) is 0 Å². The fraction of sp³-hybridized carbons (Fsp3) is 0.0938. The van der Waals surface area contributed by atoms with Gasteiger partial charge in [0.15, 0.2) is 11.5 Å². The van der Waals surface area contributed by atoms with Crippen molar-refractivity contribution in [2.75, 3.05) is 0 Å². The van der Waals surface area contributed by atoms with E-state index in [1.54, 1.807) is 0 Å². The van der Waals surface area contributed by atoms with Gasteiger partial charge in [-0.05, 0) is 68.8 Å². The molecule has 0 aliphatic heterocycles. The summed E-state index contributed by atoms with van der Waals surface area (Å²) in [5.41, 5.74) is 9.30. The fourth-order valence-electron chi connectivity index (χ4n) is 5.40. The van der Waals surface area contributed by atoms with Gasteiger partial charge in [-0.15, -0.1) is 0 Å². The van der Waals surface area contributed by atoms with Gasteiger partial charge in [0.2, 0.25) is 0 Å². The molecule has 0 amide bonds. The minimum atomic E-state index is 0.707. The molecule has 7 aromatic rings. The van der Waals surface area contributed by atoms with E-state index in [1.165, 1.54) is 21.9 Å². The molecule has 0 aliphatic carbocycles. The summed E-state index contributed by atoms with van der Waals surface area (Å²) >= 11 is 0. The van der Waals surface area contributed by atoms with Crippen molar-refractivity contribution in [1.82, 2.24) is 24.1 Å². The zero-order valence-electron chi connectivity index (χ0n) is 21.0. The summed E-state index contributed by atoms with van der Waals surface area (Å²) in [5, 5.41) is 2.39. The van der Waals surface area contributed by atoms with Crippen LogP contribution in [0.1, 0.15) is 17.1 Å². The molecule has 5 nitrogen and oxygen atoms in total. The van der Waals surface area contributed by atoms with Gasteiger partial charge in [0.05, 0.1) is 22.4 Å². The van der Waals surface area contributed by atoms with Crippen LogP contribution in [0.4, 0.5) is 0 Å². The summed E-state index contributed by atoms with van der Waals surface area (Å²) in [6.45, 7) is 6.16. The number of fused-ring (bicyclic) bond motifs is 4. The average Bonchev–Trinajstić information content (AvgIpc) is 3.44. The number of rotatable bonds is 3. The molecule has 0 aliphatic rings. The van der Waals surface area contributed by atoms with E-state index in [9.17, 15) is 0 Å². The second-order valence-corrected chi connectivity index (χ2v) is 9.51. The Bertz CT molecular complexity index is 1960. The summed E-state index contributed by atoms with van der Waals surface area (Å²) < 4.78 is 4.46. The summed E-state index contributed by atoms with van der Waals surface area (Å²) in [6.07, 6.45) is 0. The number of benzene rings is 4. The molecule has 0 radical (unpaired) electrons. The van der Waals surface area contributed by atoms with E-state index >= 15 is 0 Å². The third-order valence-electron chi connectivity index (χ3n) is 7.15. The predicted molar refractivity (Wildman–Crippen MR) is 151 cm³/mol. The molecule has 3 aromatic heterocycles. The van der Waals surface area contributed by atoms with Crippen molar-refractivity contribution in [2.45, 2.75) is 20.8 Å². The van der Waals surface area contributed by atoms with Crippen LogP contribution in [-0.4, -0.2) is 24.1 Å². The van der Waals surface area contributed by atoms with E-state index in [0.29, 0.717) is 5.82 Å². The molecular weight excluding hydrogens is 454 g/mol. The highest BCUT2D eigenvalue weighted by molar-refractivity contribution is 6.10. The Morgan fingerprint density at radius 3 is 2.16 bits per heavy atom. The normalized spacial score (nSPS) is 11.6. The Kier molecular flexibility index (Phi) is 4.73. The molecule has 0 unspecified atom stereocenters. The lowest BCUT2D eigenvalue weighted by molar-refractivity contribution is 0.975. The number of nitrogens with zero attached hydrogens (tertiary/aromatic N) is 5. The van der Waals surface area contributed by atoms with Crippen molar-refractivity contribution in [3.8, 4) is 22.8 Å². The lowest BCUT2D eigenvalue weighted by Crippen LogP contribution is -2.02. The summed E-state index contributed by atoms with van der Waals surface area (Å²) in [7, 11) is 0. The van der Waals surface area contributed by atoms with Crippen LogP contribution in [0.2, 0.25) is 0 Å². The number of imidazole rings is 1. The van der Waals surface area contributed by atoms with Crippen molar-refractivity contribution in [1.29, 1.82) is 0 Å². The van der Waals surface area contributed by atoms with Gasteiger partial charge < -0.3 is 4.57 Å². The second kappa shape index (κ2) is 8.14. The quantitative estimate of drug-likeness (QED) is 0.264. The molecule has 4 aromatic carbocycles. The van der Waals surface area contributed by atoms with Crippen molar-refractivity contribution in [3.63, 3.8) is 0 Å². The SMILES string of the molecule is Cc1ccccc1-n1c(C)nc2c(C)nc(-c3ccc4c(c3)c3ccccc3n4-c3ccccc3)nc21. The Morgan fingerprint density at radius 1 is 0.595 bits per heavy atom. The van der Waals surface area contributed by atoms with Crippen LogP contribution in [0, 0.1) is 20.8 Å². The standard InChI is InChI=1S/C32H25N5/c1-20-11-7-9-15-27(20)36-22(3)34-30-21(2)33-31(35-32(30)36)23-17-18-29-26(19-23)25-14-8-10-16-28(25)37(29)24-12-5-4-6-13-24/h4-19H,1-3H3. The molecule has 0 spiro atoms. The largest absolute Gasteiger partial charge is 0.309 e. The molecule has 0 N–H and O–H groups in total. The van der Waals surface area contributed by atoms with Crippen LogP contribution >= 0.6 is 0 Å². The average molecular weight is 480 g/mol. The van der Waals surface area contributed by atoms with E-state index in [0.717, 1.165) is 45.1 Å². The summed E-state index contributed by atoms with van der Waals surface area (Å²) in [5.74, 6) is 1.61. The molecule has 37 heavy (non-hydrogen) atoms. The molecule has 178 valence electrons. The van der Waals surface area contributed by atoms with Gasteiger partial charge in [-0.25, -0.2) is 15.0 Å². The van der Waals surface area contributed by atoms with Crippen LogP contribution in [0.5, 0.6) is 0 Å². The van der Waals surface area contributed by atoms with Crippen LogP contribution in [0.15, 0.2) is 97.1 Å². The number of aryl methyl sites for hydroxylation is 3. The molecule has 3 heterocycles. The molecule has 0 atom stereocenters. The molecule has 5 heteroatoms.